The Labute approximate surface area is 107 Å². The maximum atomic E-state index is 10.6. The number of nitro groups is 1. The van der Waals surface area contributed by atoms with Crippen molar-refractivity contribution in [1.29, 1.82) is 0 Å². The monoisotopic (exact) mass is 250 g/mol. The number of hydrogen-bond donors (Lipinski definition) is 0. The van der Waals surface area contributed by atoms with Crippen LogP contribution in [0.25, 0.3) is 0 Å². The summed E-state index contributed by atoms with van der Waals surface area (Å²) >= 11 is 0. The van der Waals surface area contributed by atoms with E-state index in [9.17, 15) is 10.1 Å². The Kier molecular flexibility index (Phi) is 4.28. The first-order chi connectivity index (χ1) is 8.66. The van der Waals surface area contributed by atoms with Gasteiger partial charge in [-0.25, -0.2) is 0 Å². The summed E-state index contributed by atoms with van der Waals surface area (Å²) in [5, 5.41) is 10.6. The molecule has 0 aliphatic carbocycles. The fourth-order valence-corrected chi connectivity index (χ4v) is 2.27. The number of hydrogen-bond acceptors (Lipinski definition) is 4. The van der Waals surface area contributed by atoms with Gasteiger partial charge in [0.1, 0.15) is 0 Å². The molecular weight excluding hydrogens is 232 g/mol. The Morgan fingerprint density at radius 2 is 1.94 bits per heavy atom. The molecule has 1 saturated heterocycles. The lowest BCUT2D eigenvalue weighted by atomic mass is 10.1. The highest BCUT2D eigenvalue weighted by Gasteiger charge is 2.18. The number of nitrogens with zero attached hydrogens (tertiary/aromatic N) is 2. The lowest BCUT2D eigenvalue weighted by molar-refractivity contribution is -0.384. The van der Waals surface area contributed by atoms with Crippen LogP contribution < -0.4 is 0 Å². The average Bonchev–Trinajstić information content (AvgIpc) is 2.40. The summed E-state index contributed by atoms with van der Waals surface area (Å²) in [4.78, 5) is 12.5. The van der Waals surface area contributed by atoms with Gasteiger partial charge >= 0.3 is 0 Å². The van der Waals surface area contributed by atoms with E-state index < -0.39 is 0 Å². The zero-order chi connectivity index (χ0) is 13.0. The van der Waals surface area contributed by atoms with Gasteiger partial charge in [0.05, 0.1) is 4.92 Å². The van der Waals surface area contributed by atoms with Crippen LogP contribution in [-0.2, 0) is 11.3 Å². The largest absolute Gasteiger partial charge is 0.381 e. The minimum absolute atomic E-state index is 0.146. The first kappa shape index (κ1) is 13.0. The van der Waals surface area contributed by atoms with E-state index in [0.29, 0.717) is 6.04 Å². The standard InChI is InChI=1S/C13H18N2O3/c1-14(12-6-8-18-9-7-12)10-11-2-4-13(5-3-11)15(16)17/h2-5,12H,6-10H2,1H3. The molecule has 1 aliphatic heterocycles. The Balaban J connectivity index is 1.93. The summed E-state index contributed by atoms with van der Waals surface area (Å²) in [5.41, 5.74) is 1.25. The van der Waals surface area contributed by atoms with Crippen molar-refractivity contribution in [2.75, 3.05) is 20.3 Å². The van der Waals surface area contributed by atoms with E-state index >= 15 is 0 Å². The van der Waals surface area contributed by atoms with Gasteiger partial charge in [0, 0.05) is 37.9 Å². The fraction of sp³-hybridized carbons (Fsp3) is 0.538. The zero-order valence-electron chi connectivity index (χ0n) is 10.5. The number of rotatable bonds is 4. The fourth-order valence-electron chi connectivity index (χ4n) is 2.27. The Hall–Kier alpha value is -1.46. The quantitative estimate of drug-likeness (QED) is 0.607. The Morgan fingerprint density at radius 3 is 2.50 bits per heavy atom. The van der Waals surface area contributed by atoms with Gasteiger partial charge in [0.2, 0.25) is 0 Å². The minimum Gasteiger partial charge on any atom is -0.381 e. The molecule has 0 amide bonds. The van der Waals surface area contributed by atoms with Crippen LogP contribution in [0.1, 0.15) is 18.4 Å². The first-order valence-corrected chi connectivity index (χ1v) is 6.18. The summed E-state index contributed by atoms with van der Waals surface area (Å²) in [7, 11) is 2.09. The molecule has 0 atom stereocenters. The van der Waals surface area contributed by atoms with E-state index in [-0.39, 0.29) is 10.6 Å². The molecule has 1 aromatic rings. The van der Waals surface area contributed by atoms with Crippen LogP contribution in [0.3, 0.4) is 0 Å². The molecule has 0 unspecified atom stereocenters. The smallest absolute Gasteiger partial charge is 0.269 e. The van der Waals surface area contributed by atoms with Crippen molar-refractivity contribution < 1.29 is 9.66 Å². The number of ether oxygens (including phenoxy) is 1. The van der Waals surface area contributed by atoms with E-state index in [0.717, 1.165) is 38.2 Å². The molecule has 0 N–H and O–H groups in total. The Morgan fingerprint density at radius 1 is 1.33 bits per heavy atom. The third-order valence-corrected chi connectivity index (χ3v) is 3.39. The molecule has 5 heteroatoms. The highest BCUT2D eigenvalue weighted by Crippen LogP contribution is 2.17. The molecule has 0 spiro atoms. The molecule has 2 rings (SSSR count). The molecule has 1 heterocycles. The van der Waals surface area contributed by atoms with Crippen molar-refractivity contribution >= 4 is 5.69 Å². The minimum atomic E-state index is -0.369. The van der Waals surface area contributed by atoms with Gasteiger partial charge in [-0.15, -0.1) is 0 Å². The maximum Gasteiger partial charge on any atom is 0.269 e. The SMILES string of the molecule is CN(Cc1ccc([N+](=O)[O-])cc1)C1CCOCC1. The summed E-state index contributed by atoms with van der Waals surface area (Å²) in [6, 6.07) is 7.33. The molecule has 18 heavy (non-hydrogen) atoms. The Bertz CT molecular complexity index is 399. The maximum absolute atomic E-state index is 10.6. The van der Waals surface area contributed by atoms with E-state index in [1.165, 1.54) is 0 Å². The van der Waals surface area contributed by atoms with Crippen molar-refractivity contribution in [2.45, 2.75) is 25.4 Å². The molecular formula is C13H18N2O3. The zero-order valence-corrected chi connectivity index (χ0v) is 10.5. The van der Waals surface area contributed by atoms with Gasteiger partial charge in [0.15, 0.2) is 0 Å². The normalized spacial score (nSPS) is 17.0. The molecule has 98 valence electrons. The molecule has 1 aromatic carbocycles. The first-order valence-electron chi connectivity index (χ1n) is 6.18. The highest BCUT2D eigenvalue weighted by molar-refractivity contribution is 5.32. The predicted molar refractivity (Wildman–Crippen MR) is 68.4 cm³/mol. The highest BCUT2D eigenvalue weighted by atomic mass is 16.6. The third-order valence-electron chi connectivity index (χ3n) is 3.39. The van der Waals surface area contributed by atoms with Crippen LogP contribution in [0.2, 0.25) is 0 Å². The van der Waals surface area contributed by atoms with Crippen LogP contribution in [0.4, 0.5) is 5.69 Å². The third kappa shape index (κ3) is 3.27. The molecule has 0 radical (unpaired) electrons. The van der Waals surface area contributed by atoms with Crippen LogP contribution >= 0.6 is 0 Å². The summed E-state index contributed by atoms with van der Waals surface area (Å²) < 4.78 is 5.34. The molecule has 0 bridgehead atoms. The summed E-state index contributed by atoms with van der Waals surface area (Å²) in [6.45, 7) is 2.48. The predicted octanol–water partition coefficient (Wildman–Crippen LogP) is 2.21. The van der Waals surface area contributed by atoms with Gasteiger partial charge in [-0.2, -0.15) is 0 Å². The summed E-state index contributed by atoms with van der Waals surface area (Å²) in [6.07, 6.45) is 2.12. The second kappa shape index (κ2) is 5.93. The van der Waals surface area contributed by atoms with Crippen molar-refractivity contribution in [2.24, 2.45) is 0 Å². The van der Waals surface area contributed by atoms with E-state index in [1.807, 2.05) is 12.1 Å². The lowest BCUT2D eigenvalue weighted by Gasteiger charge is -2.31. The van der Waals surface area contributed by atoms with Crippen LogP contribution in [0.5, 0.6) is 0 Å². The van der Waals surface area contributed by atoms with Gasteiger partial charge in [-0.1, -0.05) is 12.1 Å². The second-order valence-corrected chi connectivity index (χ2v) is 4.68. The van der Waals surface area contributed by atoms with Crippen LogP contribution in [0, 0.1) is 10.1 Å². The van der Waals surface area contributed by atoms with Crippen molar-refractivity contribution in [3.8, 4) is 0 Å². The second-order valence-electron chi connectivity index (χ2n) is 4.68. The van der Waals surface area contributed by atoms with E-state index in [1.54, 1.807) is 12.1 Å². The van der Waals surface area contributed by atoms with Crippen LogP contribution in [-0.4, -0.2) is 36.1 Å². The van der Waals surface area contributed by atoms with Crippen LogP contribution in [0.15, 0.2) is 24.3 Å². The number of nitro benzene ring substituents is 1. The van der Waals surface area contributed by atoms with Gasteiger partial charge in [0.25, 0.3) is 5.69 Å². The van der Waals surface area contributed by atoms with Crippen molar-refractivity contribution in [3.63, 3.8) is 0 Å². The number of non-ortho nitro benzene ring substituents is 1. The molecule has 0 aromatic heterocycles. The molecule has 0 saturated carbocycles. The molecule has 1 fully saturated rings. The average molecular weight is 250 g/mol. The topological polar surface area (TPSA) is 55.6 Å². The van der Waals surface area contributed by atoms with Crippen molar-refractivity contribution in [1.82, 2.24) is 4.90 Å². The van der Waals surface area contributed by atoms with E-state index in [2.05, 4.69) is 11.9 Å². The van der Waals surface area contributed by atoms with Crippen molar-refractivity contribution in [3.05, 3.63) is 39.9 Å². The molecule has 1 aliphatic rings. The lowest BCUT2D eigenvalue weighted by Crippen LogP contribution is -2.36. The van der Waals surface area contributed by atoms with Gasteiger partial charge in [-0.05, 0) is 25.5 Å². The number of benzene rings is 1. The van der Waals surface area contributed by atoms with E-state index in [4.69, 9.17) is 4.74 Å². The van der Waals surface area contributed by atoms with Gasteiger partial charge in [-0.3, -0.25) is 15.0 Å². The molecule has 5 nitrogen and oxygen atoms in total. The van der Waals surface area contributed by atoms with Gasteiger partial charge < -0.3 is 4.74 Å². The summed E-state index contributed by atoms with van der Waals surface area (Å²) in [5.74, 6) is 0.